The van der Waals surface area contributed by atoms with Gasteiger partial charge in [-0.25, -0.2) is 4.98 Å². The van der Waals surface area contributed by atoms with E-state index in [4.69, 9.17) is 4.98 Å². The summed E-state index contributed by atoms with van der Waals surface area (Å²) in [4.78, 5) is 8.92. The summed E-state index contributed by atoms with van der Waals surface area (Å²) in [7, 11) is 2.04. The molecule has 1 aromatic carbocycles. The van der Waals surface area contributed by atoms with Crippen molar-refractivity contribution >= 4 is 22.2 Å². The Labute approximate surface area is 175 Å². The van der Waals surface area contributed by atoms with Crippen LogP contribution in [0, 0.1) is 6.92 Å². The molecule has 0 spiro atoms. The van der Waals surface area contributed by atoms with E-state index in [2.05, 4.69) is 68.4 Å². The van der Waals surface area contributed by atoms with Crippen LogP contribution in [0.4, 0.5) is 0 Å². The van der Waals surface area contributed by atoms with Gasteiger partial charge >= 0.3 is 0 Å². The molecule has 1 fully saturated rings. The molecule has 0 radical (unpaired) electrons. The van der Waals surface area contributed by atoms with Gasteiger partial charge in [0.25, 0.3) is 0 Å². The van der Waals surface area contributed by atoms with Gasteiger partial charge in [0, 0.05) is 24.9 Å². The topological polar surface area (TPSA) is 46.8 Å². The number of aryl methyl sites for hydroxylation is 2. The molecule has 3 aromatic heterocycles. The van der Waals surface area contributed by atoms with Gasteiger partial charge in [-0.2, -0.15) is 0 Å². The van der Waals surface area contributed by atoms with E-state index >= 15 is 0 Å². The highest BCUT2D eigenvalue weighted by atomic mass is 32.1. The predicted octanol–water partition coefficient (Wildman–Crippen LogP) is 4.78. The summed E-state index contributed by atoms with van der Waals surface area (Å²) < 4.78 is 2.06. The minimum Gasteiger partial charge on any atom is -0.320 e. The molecule has 0 amide bonds. The molecule has 0 unspecified atom stereocenters. The second-order valence-electron chi connectivity index (χ2n) is 7.97. The number of aromatic nitrogens is 4. The van der Waals surface area contributed by atoms with Gasteiger partial charge in [-0.05, 0) is 61.5 Å². The third kappa shape index (κ3) is 3.58. The molecule has 0 N–H and O–H groups in total. The molecule has 5 rings (SSSR count). The lowest BCUT2D eigenvalue weighted by Crippen LogP contribution is -2.33. The van der Waals surface area contributed by atoms with Crippen molar-refractivity contribution < 1.29 is 0 Å². The zero-order valence-corrected chi connectivity index (χ0v) is 17.7. The maximum atomic E-state index is 5.11. The number of para-hydroxylation sites is 1. The van der Waals surface area contributed by atoms with Crippen LogP contribution in [0.15, 0.2) is 48.1 Å². The summed E-state index contributed by atoms with van der Waals surface area (Å²) in [6.45, 7) is 5.24. The molecular weight excluding hydrogens is 378 g/mol. The third-order valence-electron chi connectivity index (χ3n) is 5.97. The average Bonchev–Trinajstić information content (AvgIpc) is 3.40. The number of hydrogen-bond acceptors (Lipinski definition) is 5. The monoisotopic (exact) mass is 403 g/mol. The maximum absolute atomic E-state index is 5.11. The van der Waals surface area contributed by atoms with E-state index in [1.54, 1.807) is 17.7 Å². The van der Waals surface area contributed by atoms with Crippen LogP contribution in [-0.4, -0.2) is 37.7 Å². The summed E-state index contributed by atoms with van der Waals surface area (Å²) in [5.74, 6) is 1.62. The van der Waals surface area contributed by atoms with Crippen molar-refractivity contribution in [2.45, 2.75) is 32.2 Å². The normalized spacial score (nSPS) is 15.9. The van der Waals surface area contributed by atoms with E-state index in [-0.39, 0.29) is 0 Å². The quantitative estimate of drug-likeness (QED) is 0.492. The molecule has 1 saturated heterocycles. The number of fused-ring (bicyclic) bond motifs is 1. The smallest absolute Gasteiger partial charge is 0.135 e. The van der Waals surface area contributed by atoms with Gasteiger partial charge in [-0.15, -0.1) is 21.5 Å². The third-order valence-corrected chi connectivity index (χ3v) is 6.85. The number of likely N-dealkylation sites (tertiary alicyclic amines) is 1. The van der Waals surface area contributed by atoms with E-state index < -0.39 is 0 Å². The standard InChI is InChI=1S/C23H25N5S/c1-16-5-3-6-18-13-19(22(25-21(16)18)20-7-4-12-29-20)14-28-10-8-17(9-11-28)23-26-24-15-27(23)2/h3-7,12-13,15,17H,8-11,14H2,1-2H3. The van der Waals surface area contributed by atoms with E-state index in [0.717, 1.165) is 49.5 Å². The molecule has 148 valence electrons. The lowest BCUT2D eigenvalue weighted by molar-refractivity contribution is 0.200. The fourth-order valence-electron chi connectivity index (χ4n) is 4.39. The average molecular weight is 404 g/mol. The second kappa shape index (κ2) is 7.69. The first-order valence-corrected chi connectivity index (χ1v) is 11.1. The van der Waals surface area contributed by atoms with Gasteiger partial charge in [-0.1, -0.05) is 24.3 Å². The lowest BCUT2D eigenvalue weighted by Gasteiger charge is -2.31. The van der Waals surface area contributed by atoms with Crippen LogP contribution in [0.25, 0.3) is 21.5 Å². The second-order valence-corrected chi connectivity index (χ2v) is 8.92. The molecule has 4 aromatic rings. The van der Waals surface area contributed by atoms with Crippen LogP contribution in [0.5, 0.6) is 0 Å². The van der Waals surface area contributed by atoms with Gasteiger partial charge in [0.1, 0.15) is 12.2 Å². The van der Waals surface area contributed by atoms with Gasteiger partial charge in [0.2, 0.25) is 0 Å². The van der Waals surface area contributed by atoms with Crippen molar-refractivity contribution in [2.75, 3.05) is 13.1 Å². The Bertz CT molecular complexity index is 1120. The predicted molar refractivity (Wildman–Crippen MR) is 118 cm³/mol. The molecule has 6 heteroatoms. The molecule has 1 aliphatic heterocycles. The number of pyridine rings is 1. The van der Waals surface area contributed by atoms with Crippen molar-refractivity contribution in [3.63, 3.8) is 0 Å². The van der Waals surface area contributed by atoms with Crippen molar-refractivity contribution in [1.29, 1.82) is 0 Å². The van der Waals surface area contributed by atoms with Crippen LogP contribution >= 0.6 is 11.3 Å². The fourth-order valence-corrected chi connectivity index (χ4v) is 5.14. The van der Waals surface area contributed by atoms with Gasteiger partial charge < -0.3 is 4.57 Å². The Balaban J connectivity index is 1.42. The largest absolute Gasteiger partial charge is 0.320 e. The number of rotatable bonds is 4. The van der Waals surface area contributed by atoms with E-state index in [9.17, 15) is 0 Å². The maximum Gasteiger partial charge on any atom is 0.135 e. The zero-order valence-electron chi connectivity index (χ0n) is 16.9. The van der Waals surface area contributed by atoms with Crippen LogP contribution < -0.4 is 0 Å². The Kier molecular flexibility index (Phi) is 4.89. The van der Waals surface area contributed by atoms with Crippen molar-refractivity contribution in [2.24, 2.45) is 7.05 Å². The first kappa shape index (κ1) is 18.5. The van der Waals surface area contributed by atoms with Crippen molar-refractivity contribution in [3.8, 4) is 10.6 Å². The highest BCUT2D eigenvalue weighted by Gasteiger charge is 2.25. The van der Waals surface area contributed by atoms with Crippen molar-refractivity contribution in [1.82, 2.24) is 24.6 Å². The molecule has 5 nitrogen and oxygen atoms in total. The Morgan fingerprint density at radius 3 is 2.72 bits per heavy atom. The Hall–Kier alpha value is -2.57. The zero-order chi connectivity index (χ0) is 19.8. The van der Waals surface area contributed by atoms with E-state index in [0.29, 0.717) is 5.92 Å². The summed E-state index contributed by atoms with van der Waals surface area (Å²) in [5.41, 5.74) is 4.80. The van der Waals surface area contributed by atoms with Crippen molar-refractivity contribution in [3.05, 3.63) is 65.1 Å². The summed E-state index contributed by atoms with van der Waals surface area (Å²) in [5, 5.41) is 11.7. The van der Waals surface area contributed by atoms with Gasteiger partial charge in [0.15, 0.2) is 0 Å². The fraction of sp³-hybridized carbons (Fsp3) is 0.348. The SMILES string of the molecule is Cc1cccc2cc(CN3CCC(c4nncn4C)CC3)c(-c3cccs3)nc12. The molecule has 0 saturated carbocycles. The molecule has 0 atom stereocenters. The number of benzene rings is 1. The van der Waals surface area contributed by atoms with Gasteiger partial charge in [0.05, 0.1) is 16.1 Å². The number of hydrogen-bond donors (Lipinski definition) is 0. The van der Waals surface area contributed by atoms with Crippen LogP contribution in [0.1, 0.15) is 35.7 Å². The Morgan fingerprint density at radius 1 is 1.14 bits per heavy atom. The number of nitrogens with zero attached hydrogens (tertiary/aromatic N) is 5. The number of piperidine rings is 1. The summed E-state index contributed by atoms with van der Waals surface area (Å²) >= 11 is 1.77. The summed E-state index contributed by atoms with van der Waals surface area (Å²) in [6.07, 6.45) is 4.06. The van der Waals surface area contributed by atoms with Crippen LogP contribution in [0.3, 0.4) is 0 Å². The molecule has 1 aliphatic rings. The van der Waals surface area contributed by atoms with E-state index in [1.807, 2.05) is 7.05 Å². The van der Waals surface area contributed by atoms with Crippen LogP contribution in [-0.2, 0) is 13.6 Å². The summed E-state index contributed by atoms with van der Waals surface area (Å²) in [6, 6.07) is 13.1. The van der Waals surface area contributed by atoms with E-state index in [1.165, 1.54) is 21.4 Å². The molecule has 0 bridgehead atoms. The molecule has 29 heavy (non-hydrogen) atoms. The Morgan fingerprint density at radius 2 is 2.00 bits per heavy atom. The minimum atomic E-state index is 0.507. The van der Waals surface area contributed by atoms with Gasteiger partial charge in [-0.3, -0.25) is 4.90 Å². The number of thiophene rings is 1. The first-order chi connectivity index (χ1) is 14.2. The highest BCUT2D eigenvalue weighted by molar-refractivity contribution is 7.13. The molecule has 4 heterocycles. The highest BCUT2D eigenvalue weighted by Crippen LogP contribution is 2.32. The molecular formula is C23H25N5S. The first-order valence-electron chi connectivity index (χ1n) is 10.2. The lowest BCUT2D eigenvalue weighted by atomic mass is 9.95. The molecule has 0 aliphatic carbocycles. The minimum absolute atomic E-state index is 0.507. The van der Waals surface area contributed by atoms with Crippen LogP contribution in [0.2, 0.25) is 0 Å².